The lowest BCUT2D eigenvalue weighted by molar-refractivity contribution is 0.794. The average molecular weight is 912 g/mol. The molecule has 0 atom stereocenters. The largest absolute Gasteiger partial charge is 0.310 e. The monoisotopic (exact) mass is 911 g/mol. The molecule has 0 saturated carbocycles. The van der Waals surface area contributed by atoms with Crippen LogP contribution in [0, 0.1) is 0 Å². The second kappa shape index (κ2) is 15.9. The van der Waals surface area contributed by atoms with E-state index >= 15 is 0 Å². The third-order valence-corrected chi connectivity index (χ3v) is 15.8. The van der Waals surface area contributed by atoms with E-state index in [9.17, 15) is 0 Å². The predicted molar refractivity (Wildman–Crippen MR) is 304 cm³/mol. The molecule has 0 radical (unpaired) electrons. The average Bonchev–Trinajstić information content (AvgIpc) is 3.92. The number of hydrogen-bond acceptors (Lipinski definition) is 1. The summed E-state index contributed by atoms with van der Waals surface area (Å²) in [6.45, 7) is 0. The van der Waals surface area contributed by atoms with Gasteiger partial charge in [-0.05, 0) is 158 Å². The minimum atomic E-state index is -0.535. The lowest BCUT2D eigenvalue weighted by Crippen LogP contribution is -2.26. The molecule has 2 aliphatic rings. The van der Waals surface area contributed by atoms with Gasteiger partial charge in [-0.2, -0.15) is 0 Å². The summed E-state index contributed by atoms with van der Waals surface area (Å²) >= 11 is 0. The highest BCUT2D eigenvalue weighted by Crippen LogP contribution is 2.64. The van der Waals surface area contributed by atoms with Gasteiger partial charge in [0.15, 0.2) is 0 Å². The zero-order chi connectivity index (χ0) is 47.3. The van der Waals surface area contributed by atoms with Crippen LogP contribution >= 0.6 is 0 Å². The molecule has 13 aromatic rings. The summed E-state index contributed by atoms with van der Waals surface area (Å²) < 4.78 is 0. The topological polar surface area (TPSA) is 3.24 Å². The highest BCUT2D eigenvalue weighted by molar-refractivity contribution is 6.26. The van der Waals surface area contributed by atoms with Gasteiger partial charge in [0.25, 0.3) is 0 Å². The minimum absolute atomic E-state index is 0.535. The van der Waals surface area contributed by atoms with Crippen LogP contribution in [0.2, 0.25) is 0 Å². The Labute approximate surface area is 419 Å². The lowest BCUT2D eigenvalue weighted by Gasteiger charge is -2.34. The summed E-state index contributed by atoms with van der Waals surface area (Å²) in [6, 6.07) is 102. The molecule has 72 heavy (non-hydrogen) atoms. The second-order valence-corrected chi connectivity index (χ2v) is 19.5. The number of hydrogen-bond donors (Lipinski definition) is 0. The Bertz CT molecular complexity index is 4260. The molecule has 0 aliphatic heterocycles. The fourth-order valence-corrected chi connectivity index (χ4v) is 12.8. The van der Waals surface area contributed by atoms with Crippen molar-refractivity contribution >= 4 is 60.2 Å². The fourth-order valence-electron chi connectivity index (χ4n) is 12.8. The van der Waals surface area contributed by atoms with E-state index < -0.39 is 5.41 Å². The molecule has 2 aliphatic carbocycles. The molecule has 0 aromatic heterocycles. The standard InChI is InChI=1S/C71H45N/c1-3-20-47(21-4-1)53-39-37-51(42-62(53)48-22-5-2-6-23-48)72(52-38-40-58-56-27-10-9-25-54(56)55-26-11-12-28-57(55)64(58)43-52)70-45-69-65(44-63(70)50-36-35-46-19-7-8-24-49(46)41-50)61-31-15-18-34-68(61)71(69)66-32-16-13-29-59(66)60-30-14-17-33-67(60)71/h1-45H. The first-order valence-electron chi connectivity index (χ1n) is 25.1. The van der Waals surface area contributed by atoms with Crippen LogP contribution in [0.25, 0.3) is 98.7 Å². The van der Waals surface area contributed by atoms with Crippen LogP contribution in [0.15, 0.2) is 273 Å². The van der Waals surface area contributed by atoms with Gasteiger partial charge in [-0.15, -0.1) is 0 Å². The number of nitrogens with zero attached hydrogens (tertiary/aromatic N) is 1. The quantitative estimate of drug-likeness (QED) is 0.150. The van der Waals surface area contributed by atoms with Gasteiger partial charge in [0.05, 0.1) is 11.1 Å². The maximum Gasteiger partial charge on any atom is 0.0726 e. The maximum absolute atomic E-state index is 2.58. The van der Waals surface area contributed by atoms with Gasteiger partial charge < -0.3 is 4.90 Å². The molecule has 15 rings (SSSR count). The Kier molecular flexibility index (Phi) is 8.94. The van der Waals surface area contributed by atoms with E-state index in [1.165, 1.54) is 121 Å². The molecule has 0 bridgehead atoms. The normalized spacial score (nSPS) is 12.8. The van der Waals surface area contributed by atoms with E-state index in [1.54, 1.807) is 0 Å². The van der Waals surface area contributed by atoms with Crippen molar-refractivity contribution in [1.29, 1.82) is 0 Å². The third-order valence-electron chi connectivity index (χ3n) is 15.8. The summed E-state index contributed by atoms with van der Waals surface area (Å²) in [5, 5.41) is 9.95. The van der Waals surface area contributed by atoms with E-state index in [-0.39, 0.29) is 0 Å². The maximum atomic E-state index is 2.58. The first-order chi connectivity index (χ1) is 35.7. The molecule has 334 valence electrons. The van der Waals surface area contributed by atoms with Gasteiger partial charge in [-0.25, -0.2) is 0 Å². The first kappa shape index (κ1) is 40.6. The van der Waals surface area contributed by atoms with Crippen LogP contribution in [0.3, 0.4) is 0 Å². The van der Waals surface area contributed by atoms with E-state index in [0.29, 0.717) is 0 Å². The Morgan fingerprint density at radius 1 is 0.222 bits per heavy atom. The lowest BCUT2D eigenvalue weighted by atomic mass is 9.70. The van der Waals surface area contributed by atoms with Crippen LogP contribution in [-0.4, -0.2) is 0 Å². The van der Waals surface area contributed by atoms with Crippen molar-refractivity contribution in [3.8, 4) is 55.6 Å². The molecule has 0 unspecified atom stereocenters. The van der Waals surface area contributed by atoms with E-state index in [0.717, 1.165) is 17.1 Å². The van der Waals surface area contributed by atoms with Crippen LogP contribution in [0.5, 0.6) is 0 Å². The van der Waals surface area contributed by atoms with Crippen molar-refractivity contribution in [1.82, 2.24) is 0 Å². The smallest absolute Gasteiger partial charge is 0.0726 e. The molecule has 0 saturated heterocycles. The zero-order valence-corrected chi connectivity index (χ0v) is 39.4. The van der Waals surface area contributed by atoms with E-state index in [4.69, 9.17) is 0 Å². The number of rotatable bonds is 6. The summed E-state index contributed by atoms with van der Waals surface area (Å²) in [6.07, 6.45) is 0. The van der Waals surface area contributed by atoms with Crippen molar-refractivity contribution in [2.45, 2.75) is 5.41 Å². The summed E-state index contributed by atoms with van der Waals surface area (Å²) in [7, 11) is 0. The summed E-state index contributed by atoms with van der Waals surface area (Å²) in [5.74, 6) is 0. The van der Waals surface area contributed by atoms with E-state index in [2.05, 4.69) is 278 Å². The zero-order valence-electron chi connectivity index (χ0n) is 39.4. The van der Waals surface area contributed by atoms with Gasteiger partial charge in [-0.1, -0.05) is 231 Å². The molecule has 13 aromatic carbocycles. The molecular formula is C71H45N. The predicted octanol–water partition coefficient (Wildman–Crippen LogP) is 19.1. The summed E-state index contributed by atoms with van der Waals surface area (Å²) in [5.41, 5.74) is 20.2. The molecule has 0 heterocycles. The molecule has 1 nitrogen and oxygen atoms in total. The van der Waals surface area contributed by atoms with Gasteiger partial charge in [-0.3, -0.25) is 0 Å². The van der Waals surface area contributed by atoms with Crippen LogP contribution < -0.4 is 4.90 Å². The molecule has 0 N–H and O–H groups in total. The van der Waals surface area contributed by atoms with Gasteiger partial charge in [0, 0.05) is 16.9 Å². The minimum Gasteiger partial charge on any atom is -0.310 e. The molecule has 1 heteroatoms. The Balaban J connectivity index is 1.09. The van der Waals surface area contributed by atoms with Crippen molar-refractivity contribution in [3.05, 3.63) is 295 Å². The highest BCUT2D eigenvalue weighted by Gasteiger charge is 2.52. The van der Waals surface area contributed by atoms with Crippen molar-refractivity contribution < 1.29 is 0 Å². The SMILES string of the molecule is c1ccc(-c2ccc(N(c3ccc4c5ccccc5c5ccccc5c4c3)c3cc4c(cc3-c3ccc5ccccc5c3)-c3ccccc3C43c4ccccc4-c4ccccc43)cc2-c2ccccc2)cc1. The third kappa shape index (κ3) is 5.89. The van der Waals surface area contributed by atoms with Crippen LogP contribution in [0.1, 0.15) is 22.3 Å². The van der Waals surface area contributed by atoms with Crippen molar-refractivity contribution in [2.75, 3.05) is 4.90 Å². The Hall–Kier alpha value is -9.30. The number of fused-ring (bicyclic) bond motifs is 17. The van der Waals surface area contributed by atoms with E-state index in [1.807, 2.05) is 0 Å². The van der Waals surface area contributed by atoms with Crippen molar-refractivity contribution in [3.63, 3.8) is 0 Å². The second-order valence-electron chi connectivity index (χ2n) is 19.5. The molecule has 0 amide bonds. The van der Waals surface area contributed by atoms with Gasteiger partial charge >= 0.3 is 0 Å². The Morgan fingerprint density at radius 3 is 1.32 bits per heavy atom. The van der Waals surface area contributed by atoms with Crippen LogP contribution in [-0.2, 0) is 5.41 Å². The fraction of sp³-hybridized carbons (Fsp3) is 0.0141. The molecule has 0 fully saturated rings. The number of benzene rings is 13. The highest BCUT2D eigenvalue weighted by atomic mass is 15.1. The van der Waals surface area contributed by atoms with Crippen molar-refractivity contribution in [2.24, 2.45) is 0 Å². The molecular weight excluding hydrogens is 867 g/mol. The summed E-state index contributed by atoms with van der Waals surface area (Å²) in [4.78, 5) is 2.57. The number of anilines is 3. The van der Waals surface area contributed by atoms with Gasteiger partial charge in [0.2, 0.25) is 0 Å². The Morgan fingerprint density at radius 2 is 0.694 bits per heavy atom. The first-order valence-corrected chi connectivity index (χ1v) is 25.1. The van der Waals surface area contributed by atoms with Crippen LogP contribution in [0.4, 0.5) is 17.1 Å². The molecule has 1 spiro atoms. The van der Waals surface area contributed by atoms with Gasteiger partial charge in [0.1, 0.15) is 0 Å².